The fourth-order valence-electron chi connectivity index (χ4n) is 5.53. The van der Waals surface area contributed by atoms with Gasteiger partial charge in [0.25, 0.3) is 5.91 Å². The van der Waals surface area contributed by atoms with Gasteiger partial charge in [-0.1, -0.05) is 43.3 Å². The zero-order valence-electron chi connectivity index (χ0n) is 24.2. The Morgan fingerprint density at radius 2 is 1.83 bits per heavy atom. The van der Waals surface area contributed by atoms with Crippen molar-refractivity contribution in [3.05, 3.63) is 83.6 Å². The van der Waals surface area contributed by atoms with Crippen molar-refractivity contribution in [2.45, 2.75) is 77.8 Å². The van der Waals surface area contributed by atoms with Crippen LogP contribution in [0.15, 0.2) is 66.9 Å². The zero-order chi connectivity index (χ0) is 30.4. The average Bonchev–Trinajstić information content (AvgIpc) is 2.92. The molecule has 1 amide bonds. The predicted molar refractivity (Wildman–Crippen MR) is 155 cm³/mol. The van der Waals surface area contributed by atoms with Crippen molar-refractivity contribution < 1.29 is 32.2 Å². The van der Waals surface area contributed by atoms with Crippen molar-refractivity contribution in [1.82, 2.24) is 10.3 Å². The first-order valence-electron chi connectivity index (χ1n) is 14.3. The van der Waals surface area contributed by atoms with E-state index in [1.807, 2.05) is 6.07 Å². The number of nitrogens with zero attached hydrogens (tertiary/aromatic N) is 1. The predicted octanol–water partition coefficient (Wildman–Crippen LogP) is 7.66. The Labute approximate surface area is 244 Å². The highest BCUT2D eigenvalue weighted by molar-refractivity contribution is 6.04. The quantitative estimate of drug-likeness (QED) is 0.196. The molecule has 1 saturated carbocycles. The summed E-state index contributed by atoms with van der Waals surface area (Å²) in [4.78, 5) is 31.1. The van der Waals surface area contributed by atoms with Crippen LogP contribution < -0.4 is 10.1 Å². The number of hydrogen-bond donors (Lipinski definition) is 1. The number of benzene rings is 2. The number of allylic oxidation sites excluding steroid dienone is 1. The van der Waals surface area contributed by atoms with E-state index in [9.17, 15) is 22.8 Å². The van der Waals surface area contributed by atoms with Crippen molar-refractivity contribution in [3.8, 4) is 5.75 Å². The molecule has 1 aliphatic rings. The lowest BCUT2D eigenvalue weighted by atomic mass is 9.77. The molecule has 1 fully saturated rings. The molecule has 0 aliphatic heterocycles. The number of halogens is 3. The van der Waals surface area contributed by atoms with Crippen LogP contribution in [-0.4, -0.2) is 29.0 Å². The number of aromatic nitrogens is 1. The van der Waals surface area contributed by atoms with Gasteiger partial charge in [-0.25, -0.2) is 4.79 Å². The monoisotopic (exact) mass is 582 g/mol. The number of rotatable bonds is 10. The standard InChI is InChI=1S/C33H37F3N2O4/c1-20(2)42-32(40)28(14-9-24-17-21(3)16-22(4)18-24)38-31(39)27-13-10-25-6-5-15-37-29(25)30(27)41-19-23-7-11-26(12-8-23)33(34,35)36/h5-8,10-13,15,20,22,24,28H,3,9,14,16-19H2,1-2,4H3,(H,38,39)/t22?,24?,28-/m0/s1. The van der Waals surface area contributed by atoms with E-state index in [2.05, 4.69) is 23.8 Å². The first kappa shape index (κ1) is 31.1. The van der Waals surface area contributed by atoms with E-state index in [-0.39, 0.29) is 24.0 Å². The van der Waals surface area contributed by atoms with Crippen molar-refractivity contribution in [2.24, 2.45) is 11.8 Å². The maximum atomic E-state index is 13.7. The van der Waals surface area contributed by atoms with Crippen LogP contribution in [0.25, 0.3) is 10.9 Å². The number of alkyl halides is 3. The van der Waals surface area contributed by atoms with Gasteiger partial charge in [0, 0.05) is 11.6 Å². The summed E-state index contributed by atoms with van der Waals surface area (Å²) in [5, 5.41) is 3.58. The van der Waals surface area contributed by atoms with E-state index < -0.39 is 29.7 Å². The van der Waals surface area contributed by atoms with Crippen LogP contribution in [0.1, 0.15) is 74.4 Å². The molecule has 3 atom stereocenters. The molecule has 2 aromatic carbocycles. The Bertz CT molecular complexity index is 1420. The summed E-state index contributed by atoms with van der Waals surface area (Å²) < 4.78 is 50.5. The Kier molecular flexibility index (Phi) is 9.91. The van der Waals surface area contributed by atoms with Gasteiger partial charge in [-0.3, -0.25) is 9.78 Å². The van der Waals surface area contributed by atoms with E-state index in [4.69, 9.17) is 9.47 Å². The number of carbonyl (C=O) groups is 2. The molecule has 0 radical (unpaired) electrons. The summed E-state index contributed by atoms with van der Waals surface area (Å²) >= 11 is 0. The maximum Gasteiger partial charge on any atom is 0.416 e. The third kappa shape index (κ3) is 8.11. The number of hydrogen-bond acceptors (Lipinski definition) is 5. The van der Waals surface area contributed by atoms with Gasteiger partial charge < -0.3 is 14.8 Å². The van der Waals surface area contributed by atoms with E-state index >= 15 is 0 Å². The van der Waals surface area contributed by atoms with Crippen molar-refractivity contribution >= 4 is 22.8 Å². The third-order valence-electron chi connectivity index (χ3n) is 7.39. The van der Waals surface area contributed by atoms with Crippen LogP contribution in [0.3, 0.4) is 0 Å². The van der Waals surface area contributed by atoms with Gasteiger partial charge in [0.05, 0.1) is 17.2 Å². The van der Waals surface area contributed by atoms with Crippen molar-refractivity contribution in [1.29, 1.82) is 0 Å². The SMILES string of the molecule is C=C1CC(C)CC(CC[C@H](NC(=O)c2ccc3cccnc3c2OCc2ccc(C(F)(F)F)cc2)C(=O)OC(C)C)C1. The minimum absolute atomic E-state index is 0.0866. The summed E-state index contributed by atoms with van der Waals surface area (Å²) in [6.07, 6.45) is 0.876. The number of pyridine rings is 1. The Morgan fingerprint density at radius 3 is 2.50 bits per heavy atom. The summed E-state index contributed by atoms with van der Waals surface area (Å²) in [5.41, 5.74) is 1.53. The second-order valence-corrected chi connectivity index (χ2v) is 11.5. The number of amides is 1. The molecule has 1 heterocycles. The fraction of sp³-hybridized carbons (Fsp3) is 0.424. The summed E-state index contributed by atoms with van der Waals surface area (Å²) in [6, 6.07) is 10.7. The molecule has 3 aromatic rings. The first-order valence-corrected chi connectivity index (χ1v) is 14.3. The van der Waals surface area contributed by atoms with Gasteiger partial charge in [0.15, 0.2) is 5.75 Å². The van der Waals surface area contributed by atoms with Gasteiger partial charge in [-0.05, 0) is 87.6 Å². The second-order valence-electron chi connectivity index (χ2n) is 11.5. The highest BCUT2D eigenvalue weighted by atomic mass is 19.4. The molecule has 1 N–H and O–H groups in total. The number of fused-ring (bicyclic) bond motifs is 1. The Morgan fingerprint density at radius 1 is 1.10 bits per heavy atom. The van der Waals surface area contributed by atoms with Gasteiger partial charge in [-0.15, -0.1) is 0 Å². The molecular weight excluding hydrogens is 545 g/mol. The van der Waals surface area contributed by atoms with Crippen LogP contribution in [-0.2, 0) is 22.3 Å². The first-order chi connectivity index (χ1) is 19.9. The number of esters is 1. The van der Waals surface area contributed by atoms with Crippen LogP contribution in [0.4, 0.5) is 13.2 Å². The van der Waals surface area contributed by atoms with E-state index in [0.717, 1.165) is 43.2 Å². The molecule has 0 spiro atoms. The van der Waals surface area contributed by atoms with Gasteiger partial charge >= 0.3 is 12.1 Å². The van der Waals surface area contributed by atoms with Gasteiger partial charge in [0.1, 0.15) is 18.2 Å². The highest BCUT2D eigenvalue weighted by Gasteiger charge is 2.31. The fourth-order valence-corrected chi connectivity index (χ4v) is 5.53. The van der Waals surface area contributed by atoms with Crippen LogP contribution in [0, 0.1) is 11.8 Å². The average molecular weight is 583 g/mol. The molecule has 42 heavy (non-hydrogen) atoms. The molecule has 1 aliphatic carbocycles. The topological polar surface area (TPSA) is 77.5 Å². The number of nitrogens with one attached hydrogen (secondary N) is 1. The Balaban J connectivity index is 1.56. The maximum absolute atomic E-state index is 13.7. The minimum Gasteiger partial charge on any atom is -0.486 e. The van der Waals surface area contributed by atoms with Crippen molar-refractivity contribution in [2.75, 3.05) is 0 Å². The lowest BCUT2D eigenvalue weighted by Gasteiger charge is -2.29. The van der Waals surface area contributed by atoms with Gasteiger partial charge in [0.2, 0.25) is 0 Å². The largest absolute Gasteiger partial charge is 0.486 e. The van der Waals surface area contributed by atoms with E-state index in [0.29, 0.717) is 29.3 Å². The lowest BCUT2D eigenvalue weighted by Crippen LogP contribution is -2.43. The van der Waals surface area contributed by atoms with Crippen LogP contribution >= 0.6 is 0 Å². The smallest absolute Gasteiger partial charge is 0.416 e. The molecule has 0 saturated heterocycles. The zero-order valence-corrected chi connectivity index (χ0v) is 24.2. The van der Waals surface area contributed by atoms with Crippen molar-refractivity contribution in [3.63, 3.8) is 0 Å². The second kappa shape index (κ2) is 13.4. The number of carbonyl (C=O) groups excluding carboxylic acids is 2. The summed E-state index contributed by atoms with van der Waals surface area (Å²) in [7, 11) is 0. The Hall–Kier alpha value is -3.88. The lowest BCUT2D eigenvalue weighted by molar-refractivity contribution is -0.150. The molecule has 224 valence electrons. The molecule has 2 unspecified atom stereocenters. The molecular formula is C33H37F3N2O4. The molecule has 9 heteroatoms. The highest BCUT2D eigenvalue weighted by Crippen LogP contribution is 2.35. The molecule has 0 bridgehead atoms. The molecule has 4 rings (SSSR count). The number of ether oxygens (including phenoxy) is 2. The summed E-state index contributed by atoms with van der Waals surface area (Å²) in [6.45, 7) is 9.79. The minimum atomic E-state index is -4.44. The molecule has 1 aromatic heterocycles. The normalized spacial score (nSPS) is 18.1. The van der Waals surface area contributed by atoms with Crippen LogP contribution in [0.5, 0.6) is 5.75 Å². The van der Waals surface area contributed by atoms with Gasteiger partial charge in [-0.2, -0.15) is 13.2 Å². The third-order valence-corrected chi connectivity index (χ3v) is 7.39. The van der Waals surface area contributed by atoms with E-state index in [1.165, 1.54) is 17.7 Å². The van der Waals surface area contributed by atoms with E-state index in [1.54, 1.807) is 38.2 Å². The van der Waals surface area contributed by atoms with Crippen LogP contribution in [0.2, 0.25) is 0 Å². The summed E-state index contributed by atoms with van der Waals surface area (Å²) in [5.74, 6) is 0.0459. The molecule has 6 nitrogen and oxygen atoms in total.